The summed E-state index contributed by atoms with van der Waals surface area (Å²) in [5.74, 6) is 1.12. The second-order valence-electron chi connectivity index (χ2n) is 7.26. The van der Waals surface area contributed by atoms with E-state index in [2.05, 4.69) is 9.71 Å². The topological polar surface area (TPSA) is 97.5 Å². The van der Waals surface area contributed by atoms with Crippen LogP contribution in [-0.2, 0) is 16.4 Å². The van der Waals surface area contributed by atoms with E-state index in [1.165, 1.54) is 7.11 Å². The molecule has 0 radical (unpaired) electrons. The number of nitrogens with one attached hydrogen (secondary N) is 2. The molecular weight excluding hydrogens is 404 g/mol. The highest BCUT2D eigenvalue weighted by atomic mass is 32.2. The quantitative estimate of drug-likeness (QED) is 0.601. The number of rotatable bonds is 7. The molecule has 0 bridgehead atoms. The van der Waals surface area contributed by atoms with E-state index < -0.39 is 10.0 Å². The van der Waals surface area contributed by atoms with Crippen molar-refractivity contribution in [3.05, 3.63) is 62.9 Å². The molecule has 0 aliphatic carbocycles. The molecule has 0 spiro atoms. The number of fused-ring (bicyclic) bond motifs is 1. The number of aryl methyl sites for hydroxylation is 3. The number of aromatic nitrogens is 1. The van der Waals surface area contributed by atoms with Gasteiger partial charge < -0.3 is 14.5 Å². The van der Waals surface area contributed by atoms with E-state index >= 15 is 0 Å². The first-order valence-electron chi connectivity index (χ1n) is 9.52. The van der Waals surface area contributed by atoms with E-state index in [9.17, 15) is 13.2 Å². The van der Waals surface area contributed by atoms with Gasteiger partial charge in [0, 0.05) is 17.5 Å². The average molecular weight is 431 g/mol. The molecule has 2 N–H and O–H groups in total. The first-order valence-corrected chi connectivity index (χ1v) is 11.0. The van der Waals surface area contributed by atoms with Gasteiger partial charge in [0.15, 0.2) is 0 Å². The SMILES string of the molecule is COc1ccc(OC)c2[nH]c(=O)c(CCNS(=O)(=O)c3c(C)cc(C)cc3C)cc12. The normalized spacial score (nSPS) is 11.6. The van der Waals surface area contributed by atoms with Gasteiger partial charge in [-0.25, -0.2) is 13.1 Å². The van der Waals surface area contributed by atoms with Crippen LogP contribution in [0, 0.1) is 20.8 Å². The fourth-order valence-corrected chi connectivity index (χ4v) is 5.28. The van der Waals surface area contributed by atoms with E-state index in [0.717, 1.165) is 5.56 Å². The fourth-order valence-electron chi connectivity index (χ4n) is 3.80. The standard InChI is InChI=1S/C22H26N2O5S/c1-13-10-14(2)21(15(3)11-13)30(26,27)23-9-8-16-12-17-18(28-4)6-7-19(29-5)20(17)24-22(16)25/h6-7,10-12,23H,8-9H2,1-5H3,(H,24,25). The summed E-state index contributed by atoms with van der Waals surface area (Å²) in [6.45, 7) is 5.58. The minimum absolute atomic E-state index is 0.0932. The van der Waals surface area contributed by atoms with Crippen molar-refractivity contribution in [2.75, 3.05) is 20.8 Å². The van der Waals surface area contributed by atoms with E-state index in [0.29, 0.717) is 39.1 Å². The van der Waals surface area contributed by atoms with Gasteiger partial charge in [-0.15, -0.1) is 0 Å². The lowest BCUT2D eigenvalue weighted by Gasteiger charge is -2.14. The number of aromatic amines is 1. The summed E-state index contributed by atoms with van der Waals surface area (Å²) in [5, 5.41) is 0.694. The second kappa shape index (κ2) is 8.49. The van der Waals surface area contributed by atoms with Crippen LogP contribution in [0.15, 0.2) is 40.0 Å². The number of hydrogen-bond donors (Lipinski definition) is 2. The van der Waals surface area contributed by atoms with Gasteiger partial charge in [-0.2, -0.15) is 0 Å². The summed E-state index contributed by atoms with van der Waals surface area (Å²) < 4.78 is 39.0. The van der Waals surface area contributed by atoms with Crippen LogP contribution in [0.5, 0.6) is 11.5 Å². The lowest BCUT2D eigenvalue weighted by atomic mass is 10.1. The van der Waals surface area contributed by atoms with Gasteiger partial charge in [0.2, 0.25) is 10.0 Å². The van der Waals surface area contributed by atoms with Crippen LogP contribution >= 0.6 is 0 Å². The highest BCUT2D eigenvalue weighted by Crippen LogP contribution is 2.31. The number of hydrogen-bond acceptors (Lipinski definition) is 5. The predicted octanol–water partition coefficient (Wildman–Crippen LogP) is 2.99. The van der Waals surface area contributed by atoms with Crippen LogP contribution in [0.4, 0.5) is 0 Å². The summed E-state index contributed by atoms with van der Waals surface area (Å²) in [6.07, 6.45) is 0.231. The third kappa shape index (κ3) is 4.20. The smallest absolute Gasteiger partial charge is 0.251 e. The van der Waals surface area contributed by atoms with Crippen molar-refractivity contribution in [1.29, 1.82) is 0 Å². The molecule has 1 aromatic heterocycles. The van der Waals surface area contributed by atoms with Crippen molar-refractivity contribution in [1.82, 2.24) is 9.71 Å². The van der Waals surface area contributed by atoms with Crippen LogP contribution in [0.1, 0.15) is 22.3 Å². The Morgan fingerprint density at radius 1 is 0.967 bits per heavy atom. The van der Waals surface area contributed by atoms with E-state index in [-0.39, 0.29) is 23.4 Å². The highest BCUT2D eigenvalue weighted by molar-refractivity contribution is 7.89. The number of sulfonamides is 1. The Morgan fingerprint density at radius 3 is 2.17 bits per heavy atom. The zero-order valence-electron chi connectivity index (χ0n) is 17.8. The number of benzene rings is 2. The van der Waals surface area contributed by atoms with Crippen LogP contribution in [0.25, 0.3) is 10.9 Å². The molecule has 0 fully saturated rings. The van der Waals surface area contributed by atoms with Gasteiger partial charge in [-0.1, -0.05) is 17.7 Å². The van der Waals surface area contributed by atoms with Crippen molar-refractivity contribution in [2.24, 2.45) is 0 Å². The first kappa shape index (κ1) is 21.9. The molecule has 3 rings (SSSR count). The Labute approximate surface area is 176 Å². The van der Waals surface area contributed by atoms with Gasteiger partial charge in [0.05, 0.1) is 24.6 Å². The Bertz CT molecular complexity index is 1240. The fraction of sp³-hybridized carbons (Fsp3) is 0.318. The molecule has 2 aromatic carbocycles. The molecule has 7 nitrogen and oxygen atoms in total. The summed E-state index contributed by atoms with van der Waals surface area (Å²) in [6, 6.07) is 8.88. The molecule has 0 amide bonds. The number of pyridine rings is 1. The number of H-pyrrole nitrogens is 1. The second-order valence-corrected chi connectivity index (χ2v) is 8.96. The van der Waals surface area contributed by atoms with Crippen molar-refractivity contribution in [2.45, 2.75) is 32.1 Å². The Morgan fingerprint density at radius 2 is 1.57 bits per heavy atom. The molecule has 30 heavy (non-hydrogen) atoms. The zero-order chi connectivity index (χ0) is 22.1. The first-order chi connectivity index (χ1) is 14.2. The van der Waals surface area contributed by atoms with Crippen LogP contribution in [-0.4, -0.2) is 34.2 Å². The van der Waals surface area contributed by atoms with Gasteiger partial charge in [0.1, 0.15) is 11.5 Å². The molecule has 8 heteroatoms. The number of ether oxygens (including phenoxy) is 2. The van der Waals surface area contributed by atoms with Gasteiger partial charge >= 0.3 is 0 Å². The lowest BCUT2D eigenvalue weighted by molar-refractivity contribution is 0.409. The maximum absolute atomic E-state index is 12.8. The van der Waals surface area contributed by atoms with Crippen molar-refractivity contribution in [3.8, 4) is 11.5 Å². The molecule has 160 valence electrons. The van der Waals surface area contributed by atoms with Crippen LogP contribution in [0.2, 0.25) is 0 Å². The third-order valence-electron chi connectivity index (χ3n) is 5.02. The summed E-state index contributed by atoms with van der Waals surface area (Å²) >= 11 is 0. The largest absolute Gasteiger partial charge is 0.496 e. The predicted molar refractivity (Wildman–Crippen MR) is 117 cm³/mol. The van der Waals surface area contributed by atoms with Gasteiger partial charge in [0.25, 0.3) is 5.56 Å². The molecule has 0 aliphatic rings. The van der Waals surface area contributed by atoms with Gasteiger partial charge in [-0.3, -0.25) is 4.79 Å². The summed E-state index contributed by atoms with van der Waals surface area (Å²) in [7, 11) is -0.621. The molecular formula is C22H26N2O5S. The van der Waals surface area contributed by atoms with E-state index in [1.807, 2.05) is 19.1 Å². The van der Waals surface area contributed by atoms with Crippen molar-refractivity contribution >= 4 is 20.9 Å². The Kier molecular flexibility index (Phi) is 6.19. The molecule has 0 unspecified atom stereocenters. The Balaban J connectivity index is 1.88. The third-order valence-corrected chi connectivity index (χ3v) is 6.78. The number of methoxy groups -OCH3 is 2. The average Bonchev–Trinajstić information content (AvgIpc) is 2.66. The molecule has 1 heterocycles. The van der Waals surface area contributed by atoms with Crippen LogP contribution < -0.4 is 19.8 Å². The zero-order valence-corrected chi connectivity index (χ0v) is 18.6. The van der Waals surface area contributed by atoms with Gasteiger partial charge in [-0.05, 0) is 56.5 Å². The van der Waals surface area contributed by atoms with Crippen LogP contribution in [0.3, 0.4) is 0 Å². The monoisotopic (exact) mass is 430 g/mol. The molecule has 3 aromatic rings. The van der Waals surface area contributed by atoms with E-state index in [4.69, 9.17) is 9.47 Å². The summed E-state index contributed by atoms with van der Waals surface area (Å²) in [4.78, 5) is 15.6. The van der Waals surface area contributed by atoms with Crippen molar-refractivity contribution in [3.63, 3.8) is 0 Å². The van der Waals surface area contributed by atoms with Crippen molar-refractivity contribution < 1.29 is 17.9 Å². The minimum atomic E-state index is -3.69. The molecule has 0 saturated heterocycles. The molecule has 0 atom stereocenters. The maximum atomic E-state index is 12.8. The van der Waals surface area contributed by atoms with E-state index in [1.54, 1.807) is 39.2 Å². The highest BCUT2D eigenvalue weighted by Gasteiger charge is 2.20. The molecule has 0 saturated carbocycles. The minimum Gasteiger partial charge on any atom is -0.496 e. The maximum Gasteiger partial charge on any atom is 0.251 e. The Hall–Kier alpha value is -2.84. The lowest BCUT2D eigenvalue weighted by Crippen LogP contribution is -2.28. The summed E-state index contributed by atoms with van der Waals surface area (Å²) in [5.41, 5.74) is 3.10. The molecule has 0 aliphatic heterocycles.